The van der Waals surface area contributed by atoms with E-state index in [1.165, 1.54) is 6.07 Å². The first-order valence-corrected chi connectivity index (χ1v) is 10.6. The largest absolute Gasteiger partial charge is 0.346 e. The maximum atomic E-state index is 15.1. The molecular formula is C22H18BrF2N3O2. The summed E-state index contributed by atoms with van der Waals surface area (Å²) >= 11 is 3.30. The SMILES string of the molecule is FC1(F)c2cc(Br)ccc2-c2ccc(-c3cnc([C@@H]4CC5(CN4)OCCO5)[nH]3)cc21. The van der Waals surface area contributed by atoms with Gasteiger partial charge in [0.1, 0.15) is 5.82 Å². The zero-order chi connectivity index (χ0) is 20.5. The summed E-state index contributed by atoms with van der Waals surface area (Å²) in [6, 6.07) is 10.2. The Bertz CT molecular complexity index is 1160. The Labute approximate surface area is 179 Å². The first kappa shape index (κ1) is 18.6. The van der Waals surface area contributed by atoms with E-state index in [1.807, 2.05) is 6.07 Å². The van der Waals surface area contributed by atoms with Crippen molar-refractivity contribution in [2.75, 3.05) is 19.8 Å². The van der Waals surface area contributed by atoms with Crippen molar-refractivity contribution < 1.29 is 18.3 Å². The fourth-order valence-electron chi connectivity index (χ4n) is 4.67. The molecule has 2 fully saturated rings. The van der Waals surface area contributed by atoms with Gasteiger partial charge in [-0.2, -0.15) is 8.78 Å². The van der Waals surface area contributed by atoms with Crippen molar-refractivity contribution in [3.8, 4) is 22.4 Å². The number of nitrogens with zero attached hydrogens (tertiary/aromatic N) is 1. The predicted octanol–water partition coefficient (Wildman–Crippen LogP) is 4.74. The van der Waals surface area contributed by atoms with Crippen molar-refractivity contribution in [2.45, 2.75) is 24.2 Å². The third kappa shape index (κ3) is 2.71. The molecule has 0 amide bonds. The molecular weight excluding hydrogens is 456 g/mol. The first-order valence-electron chi connectivity index (χ1n) is 9.85. The Morgan fingerprint density at radius 3 is 2.57 bits per heavy atom. The highest BCUT2D eigenvalue weighted by Crippen LogP contribution is 2.52. The molecule has 2 aromatic carbocycles. The molecule has 5 nitrogen and oxygen atoms in total. The number of hydrogen-bond acceptors (Lipinski definition) is 4. The van der Waals surface area contributed by atoms with E-state index in [0.717, 1.165) is 5.82 Å². The summed E-state index contributed by atoms with van der Waals surface area (Å²) in [6.07, 6.45) is 2.35. The molecule has 1 aromatic heterocycles. The van der Waals surface area contributed by atoms with Crippen LogP contribution in [0.25, 0.3) is 22.4 Å². The lowest BCUT2D eigenvalue weighted by atomic mass is 10.0. The van der Waals surface area contributed by atoms with Crippen LogP contribution < -0.4 is 5.32 Å². The molecule has 30 heavy (non-hydrogen) atoms. The standard InChI is InChI=1S/C22H18BrF2N3O2/c23-13-2-4-15-14-3-1-12(7-16(14)22(24,25)17(15)8-13)19-10-26-20(28-19)18-9-21(11-27-18)29-5-6-30-21/h1-4,7-8,10,18,27H,5-6,9,11H2,(H,26,28)/t18-/m0/s1. The molecule has 154 valence electrons. The predicted molar refractivity (Wildman–Crippen MR) is 110 cm³/mol. The second kappa shape index (κ2) is 6.43. The molecule has 0 bridgehead atoms. The average Bonchev–Trinajstić information content (AvgIpc) is 3.51. The van der Waals surface area contributed by atoms with Gasteiger partial charge in [-0.15, -0.1) is 0 Å². The van der Waals surface area contributed by atoms with Crippen LogP contribution in [0.2, 0.25) is 0 Å². The molecule has 0 saturated carbocycles. The highest BCUT2D eigenvalue weighted by atomic mass is 79.9. The minimum Gasteiger partial charge on any atom is -0.346 e. The van der Waals surface area contributed by atoms with Gasteiger partial charge in [0.2, 0.25) is 0 Å². The van der Waals surface area contributed by atoms with Gasteiger partial charge in [-0.05, 0) is 29.3 Å². The summed E-state index contributed by atoms with van der Waals surface area (Å²) in [7, 11) is 0. The molecule has 0 unspecified atom stereocenters. The maximum absolute atomic E-state index is 15.1. The molecule has 3 aliphatic rings. The first-order chi connectivity index (χ1) is 14.5. The Balaban J connectivity index is 1.32. The molecule has 3 aromatic rings. The monoisotopic (exact) mass is 473 g/mol. The molecule has 2 N–H and O–H groups in total. The molecule has 8 heteroatoms. The molecule has 3 heterocycles. The fourth-order valence-corrected chi connectivity index (χ4v) is 5.03. The van der Waals surface area contributed by atoms with Crippen LogP contribution >= 0.6 is 15.9 Å². The number of H-pyrrole nitrogens is 1. The topological polar surface area (TPSA) is 59.2 Å². The van der Waals surface area contributed by atoms with Crippen molar-refractivity contribution in [3.05, 3.63) is 64.0 Å². The van der Waals surface area contributed by atoms with Crippen LogP contribution in [0, 0.1) is 0 Å². The number of halogens is 3. The molecule has 6 rings (SSSR count). The van der Waals surface area contributed by atoms with Crippen LogP contribution in [0.1, 0.15) is 29.4 Å². The van der Waals surface area contributed by atoms with Crippen molar-refractivity contribution in [1.82, 2.24) is 15.3 Å². The van der Waals surface area contributed by atoms with E-state index in [0.29, 0.717) is 53.0 Å². The molecule has 0 radical (unpaired) electrons. The minimum absolute atomic E-state index is 0.0231. The van der Waals surface area contributed by atoms with Gasteiger partial charge in [0, 0.05) is 27.6 Å². The summed E-state index contributed by atoms with van der Waals surface area (Å²) in [5.41, 5.74) is 2.59. The molecule has 2 aliphatic heterocycles. The van der Waals surface area contributed by atoms with E-state index in [4.69, 9.17) is 9.47 Å². The number of alkyl halides is 2. The van der Waals surface area contributed by atoms with Gasteiger partial charge in [-0.3, -0.25) is 0 Å². The highest BCUT2D eigenvalue weighted by molar-refractivity contribution is 9.10. The molecule has 1 atom stereocenters. The van der Waals surface area contributed by atoms with E-state index in [9.17, 15) is 0 Å². The number of imidazole rings is 1. The van der Waals surface area contributed by atoms with Crippen LogP contribution in [0.3, 0.4) is 0 Å². The zero-order valence-corrected chi connectivity index (χ0v) is 17.4. The van der Waals surface area contributed by atoms with Crippen molar-refractivity contribution in [2.24, 2.45) is 0 Å². The molecule has 2 saturated heterocycles. The lowest BCUT2D eigenvalue weighted by molar-refractivity contribution is -0.141. The van der Waals surface area contributed by atoms with E-state index < -0.39 is 11.7 Å². The maximum Gasteiger partial charge on any atom is 0.299 e. The second-order valence-electron chi connectivity index (χ2n) is 7.95. The van der Waals surface area contributed by atoms with E-state index in [2.05, 4.69) is 31.2 Å². The number of benzene rings is 2. The Kier molecular flexibility index (Phi) is 3.99. The minimum atomic E-state index is -3.04. The number of aromatic nitrogens is 2. The number of hydrogen-bond donors (Lipinski definition) is 2. The van der Waals surface area contributed by atoms with Gasteiger partial charge < -0.3 is 19.8 Å². The van der Waals surface area contributed by atoms with Crippen LogP contribution in [0.4, 0.5) is 8.78 Å². The van der Waals surface area contributed by atoms with Crippen LogP contribution in [-0.4, -0.2) is 35.5 Å². The van der Waals surface area contributed by atoms with Crippen LogP contribution in [0.5, 0.6) is 0 Å². The van der Waals surface area contributed by atoms with E-state index >= 15 is 8.78 Å². The third-order valence-corrected chi connectivity index (χ3v) is 6.64. The second-order valence-corrected chi connectivity index (χ2v) is 8.87. The Hall–Kier alpha value is -2.13. The quantitative estimate of drug-likeness (QED) is 0.564. The zero-order valence-electron chi connectivity index (χ0n) is 15.8. The Morgan fingerprint density at radius 1 is 1.03 bits per heavy atom. The summed E-state index contributed by atoms with van der Waals surface area (Å²) < 4.78 is 42.4. The van der Waals surface area contributed by atoms with Gasteiger partial charge in [-0.1, -0.05) is 34.1 Å². The number of aromatic amines is 1. The van der Waals surface area contributed by atoms with Crippen LogP contribution in [-0.2, 0) is 15.4 Å². The van der Waals surface area contributed by atoms with E-state index in [1.54, 1.807) is 30.5 Å². The number of ether oxygens (including phenoxy) is 2. The number of rotatable bonds is 2. The lowest BCUT2D eigenvalue weighted by Gasteiger charge is -2.19. The summed E-state index contributed by atoms with van der Waals surface area (Å²) in [5.74, 6) is -2.86. The van der Waals surface area contributed by atoms with Crippen LogP contribution in [0.15, 0.2) is 47.1 Å². The van der Waals surface area contributed by atoms with Crippen molar-refractivity contribution >= 4 is 15.9 Å². The van der Waals surface area contributed by atoms with E-state index in [-0.39, 0.29) is 17.2 Å². The van der Waals surface area contributed by atoms with Gasteiger partial charge in [0.25, 0.3) is 5.92 Å². The van der Waals surface area contributed by atoms with Gasteiger partial charge in [-0.25, -0.2) is 4.98 Å². The smallest absolute Gasteiger partial charge is 0.299 e. The third-order valence-electron chi connectivity index (χ3n) is 6.15. The van der Waals surface area contributed by atoms with Gasteiger partial charge >= 0.3 is 0 Å². The summed E-state index contributed by atoms with van der Waals surface area (Å²) in [6.45, 7) is 1.80. The fraction of sp³-hybridized carbons (Fsp3) is 0.318. The highest BCUT2D eigenvalue weighted by Gasteiger charge is 2.46. The number of fused-ring (bicyclic) bond motifs is 3. The Morgan fingerprint density at radius 2 is 1.77 bits per heavy atom. The normalized spacial score (nSPS) is 23.1. The van der Waals surface area contributed by atoms with Crippen molar-refractivity contribution in [1.29, 1.82) is 0 Å². The molecule has 1 spiro atoms. The molecule has 1 aliphatic carbocycles. The average molecular weight is 474 g/mol. The summed E-state index contributed by atoms with van der Waals surface area (Å²) in [5, 5.41) is 3.37. The number of nitrogens with one attached hydrogen (secondary N) is 2. The van der Waals surface area contributed by atoms with Crippen molar-refractivity contribution in [3.63, 3.8) is 0 Å². The summed E-state index contributed by atoms with van der Waals surface area (Å²) in [4.78, 5) is 7.78. The van der Waals surface area contributed by atoms with Gasteiger partial charge in [0.05, 0.1) is 37.7 Å². The van der Waals surface area contributed by atoms with Gasteiger partial charge in [0.15, 0.2) is 5.79 Å². The lowest BCUT2D eigenvalue weighted by Crippen LogP contribution is -2.32.